The Morgan fingerprint density at radius 2 is 2.06 bits per heavy atom. The predicted octanol–water partition coefficient (Wildman–Crippen LogP) is 4.32. The summed E-state index contributed by atoms with van der Waals surface area (Å²) < 4.78 is 6.78. The highest BCUT2D eigenvalue weighted by Crippen LogP contribution is 2.28. The molecule has 0 aliphatic carbocycles. The molecule has 2 aromatic rings. The van der Waals surface area contributed by atoms with E-state index < -0.39 is 4.92 Å². The molecular formula is C11H8Br2N2O3. The van der Waals surface area contributed by atoms with E-state index in [9.17, 15) is 10.1 Å². The lowest BCUT2D eigenvalue weighted by atomic mass is 10.2. The fraction of sp³-hybridized carbons (Fsp3) is 0.0909. The molecular weight excluding hydrogens is 368 g/mol. The van der Waals surface area contributed by atoms with Crippen molar-refractivity contribution in [1.82, 2.24) is 0 Å². The van der Waals surface area contributed by atoms with E-state index in [1.807, 2.05) is 0 Å². The third kappa shape index (κ3) is 2.91. The fourth-order valence-corrected chi connectivity index (χ4v) is 2.10. The third-order valence-electron chi connectivity index (χ3n) is 2.25. The highest BCUT2D eigenvalue weighted by molar-refractivity contribution is 9.13. The van der Waals surface area contributed by atoms with E-state index in [2.05, 4.69) is 37.2 Å². The van der Waals surface area contributed by atoms with Gasteiger partial charge in [-0.25, -0.2) is 0 Å². The quantitative estimate of drug-likeness (QED) is 0.638. The zero-order chi connectivity index (χ0) is 13.1. The molecule has 1 N–H and O–H groups in total. The standard InChI is InChI=1S/C11H8Br2N2O3/c12-8-5-7(18-11(8)13)6-14-9-3-1-2-4-10(9)15(16)17/h1-5,14H,6H2. The number of nitrogens with zero attached hydrogens (tertiary/aromatic N) is 1. The molecule has 0 saturated heterocycles. The summed E-state index contributed by atoms with van der Waals surface area (Å²) in [6.45, 7) is 0.370. The summed E-state index contributed by atoms with van der Waals surface area (Å²) in [7, 11) is 0. The van der Waals surface area contributed by atoms with Crippen LogP contribution in [0.1, 0.15) is 5.76 Å². The van der Waals surface area contributed by atoms with Gasteiger partial charge in [-0.05, 0) is 44.0 Å². The molecule has 2 rings (SSSR count). The van der Waals surface area contributed by atoms with E-state index in [4.69, 9.17) is 4.42 Å². The van der Waals surface area contributed by atoms with E-state index in [1.54, 1.807) is 24.3 Å². The lowest BCUT2D eigenvalue weighted by Crippen LogP contribution is -2.01. The lowest BCUT2D eigenvalue weighted by molar-refractivity contribution is -0.384. The summed E-state index contributed by atoms with van der Waals surface area (Å²) in [5, 5.41) is 13.8. The topological polar surface area (TPSA) is 68.3 Å². The molecule has 0 atom stereocenters. The van der Waals surface area contributed by atoms with Crippen LogP contribution in [-0.4, -0.2) is 4.92 Å². The van der Waals surface area contributed by atoms with Gasteiger partial charge < -0.3 is 9.73 Å². The van der Waals surface area contributed by atoms with Gasteiger partial charge in [0, 0.05) is 6.07 Å². The number of hydrogen-bond donors (Lipinski definition) is 1. The minimum Gasteiger partial charge on any atom is -0.451 e. The molecule has 0 saturated carbocycles. The largest absolute Gasteiger partial charge is 0.451 e. The zero-order valence-corrected chi connectivity index (χ0v) is 12.2. The molecule has 1 heterocycles. The number of nitro groups is 1. The number of para-hydroxylation sites is 2. The number of rotatable bonds is 4. The maximum atomic E-state index is 10.8. The summed E-state index contributed by atoms with van der Waals surface area (Å²) in [4.78, 5) is 10.4. The van der Waals surface area contributed by atoms with Crippen molar-refractivity contribution < 1.29 is 9.34 Å². The van der Waals surface area contributed by atoms with Crippen LogP contribution in [0.5, 0.6) is 0 Å². The Bertz CT molecular complexity index is 564. The predicted molar refractivity (Wildman–Crippen MR) is 74.5 cm³/mol. The number of nitro benzene ring substituents is 1. The van der Waals surface area contributed by atoms with E-state index in [-0.39, 0.29) is 5.69 Å². The van der Waals surface area contributed by atoms with Gasteiger partial charge in [0.2, 0.25) is 0 Å². The molecule has 1 aromatic carbocycles. The van der Waals surface area contributed by atoms with Gasteiger partial charge in [-0.2, -0.15) is 0 Å². The first kappa shape index (κ1) is 13.1. The molecule has 18 heavy (non-hydrogen) atoms. The third-order valence-corrected chi connectivity index (χ3v) is 3.96. The van der Waals surface area contributed by atoms with Gasteiger partial charge in [0.25, 0.3) is 5.69 Å². The minimum atomic E-state index is -0.420. The number of nitrogens with one attached hydrogen (secondary N) is 1. The Labute approximate surface area is 120 Å². The molecule has 0 unspecified atom stereocenters. The van der Waals surface area contributed by atoms with Gasteiger partial charge in [0.15, 0.2) is 4.67 Å². The molecule has 0 aliphatic heterocycles. The van der Waals surface area contributed by atoms with Gasteiger partial charge in [0.1, 0.15) is 11.4 Å². The highest BCUT2D eigenvalue weighted by Gasteiger charge is 2.13. The Morgan fingerprint density at radius 1 is 1.33 bits per heavy atom. The SMILES string of the molecule is O=[N+]([O-])c1ccccc1NCc1cc(Br)c(Br)o1. The van der Waals surface area contributed by atoms with Crippen LogP contribution in [0.3, 0.4) is 0 Å². The van der Waals surface area contributed by atoms with Crippen molar-refractivity contribution in [2.45, 2.75) is 6.54 Å². The van der Waals surface area contributed by atoms with E-state index in [0.717, 1.165) is 4.47 Å². The van der Waals surface area contributed by atoms with Crippen molar-refractivity contribution in [3.05, 3.63) is 55.3 Å². The molecule has 0 fully saturated rings. The second-order valence-corrected chi connectivity index (χ2v) is 5.04. The molecule has 7 heteroatoms. The Hall–Kier alpha value is -1.34. The van der Waals surface area contributed by atoms with Crippen LogP contribution in [0, 0.1) is 10.1 Å². The Kier molecular flexibility index (Phi) is 4.03. The van der Waals surface area contributed by atoms with Gasteiger partial charge in [-0.3, -0.25) is 10.1 Å². The molecule has 5 nitrogen and oxygen atoms in total. The first-order valence-electron chi connectivity index (χ1n) is 4.99. The first-order valence-corrected chi connectivity index (χ1v) is 6.57. The number of anilines is 1. The maximum absolute atomic E-state index is 10.8. The van der Waals surface area contributed by atoms with Crippen LogP contribution in [0.2, 0.25) is 0 Å². The zero-order valence-electron chi connectivity index (χ0n) is 9.02. The van der Waals surface area contributed by atoms with E-state index >= 15 is 0 Å². The van der Waals surface area contributed by atoms with Crippen LogP contribution >= 0.6 is 31.9 Å². The lowest BCUT2D eigenvalue weighted by Gasteiger charge is -2.04. The Balaban J connectivity index is 2.13. The second-order valence-electron chi connectivity index (χ2n) is 3.46. The molecule has 1 aromatic heterocycles. The van der Waals surface area contributed by atoms with Crippen molar-refractivity contribution in [3.8, 4) is 0 Å². The minimum absolute atomic E-state index is 0.0437. The maximum Gasteiger partial charge on any atom is 0.292 e. The average Bonchev–Trinajstić information content (AvgIpc) is 2.66. The summed E-state index contributed by atoms with van der Waals surface area (Å²) in [6.07, 6.45) is 0. The first-order chi connectivity index (χ1) is 8.58. The molecule has 94 valence electrons. The number of hydrogen-bond acceptors (Lipinski definition) is 4. The van der Waals surface area contributed by atoms with Crippen molar-refractivity contribution in [1.29, 1.82) is 0 Å². The van der Waals surface area contributed by atoms with Crippen LogP contribution in [0.15, 0.2) is 43.9 Å². The molecule has 0 bridgehead atoms. The Morgan fingerprint density at radius 3 is 2.67 bits per heavy atom. The van der Waals surface area contributed by atoms with Gasteiger partial charge >= 0.3 is 0 Å². The summed E-state index contributed by atoms with van der Waals surface area (Å²) in [5.41, 5.74) is 0.508. The van der Waals surface area contributed by atoms with E-state index in [0.29, 0.717) is 22.7 Å². The average molecular weight is 376 g/mol. The fourth-order valence-electron chi connectivity index (χ4n) is 1.44. The number of furan rings is 1. The molecule has 0 spiro atoms. The second kappa shape index (κ2) is 5.53. The van der Waals surface area contributed by atoms with Gasteiger partial charge in [-0.15, -0.1) is 0 Å². The smallest absolute Gasteiger partial charge is 0.292 e. The van der Waals surface area contributed by atoms with Gasteiger partial charge in [-0.1, -0.05) is 12.1 Å². The van der Waals surface area contributed by atoms with Crippen molar-refractivity contribution >= 4 is 43.2 Å². The molecule has 0 aliphatic rings. The van der Waals surface area contributed by atoms with Crippen molar-refractivity contribution in [2.75, 3.05) is 5.32 Å². The van der Waals surface area contributed by atoms with Crippen LogP contribution < -0.4 is 5.32 Å². The number of benzene rings is 1. The summed E-state index contributed by atoms with van der Waals surface area (Å²) in [6, 6.07) is 8.28. The van der Waals surface area contributed by atoms with Crippen LogP contribution in [0.4, 0.5) is 11.4 Å². The monoisotopic (exact) mass is 374 g/mol. The van der Waals surface area contributed by atoms with Crippen LogP contribution in [-0.2, 0) is 6.54 Å². The van der Waals surface area contributed by atoms with E-state index in [1.165, 1.54) is 6.07 Å². The van der Waals surface area contributed by atoms with Crippen LogP contribution in [0.25, 0.3) is 0 Å². The van der Waals surface area contributed by atoms with Crippen molar-refractivity contribution in [3.63, 3.8) is 0 Å². The molecule has 0 radical (unpaired) electrons. The van der Waals surface area contributed by atoms with Gasteiger partial charge in [0.05, 0.1) is 15.9 Å². The summed E-state index contributed by atoms with van der Waals surface area (Å²) >= 11 is 6.53. The van der Waals surface area contributed by atoms with Crippen molar-refractivity contribution in [2.24, 2.45) is 0 Å². The molecule has 0 amide bonds. The summed E-state index contributed by atoms with van der Waals surface area (Å²) in [5.74, 6) is 0.673. The normalized spacial score (nSPS) is 10.3. The number of halogens is 2. The highest BCUT2D eigenvalue weighted by atomic mass is 79.9.